The standard InChI is InChI=1S/C21H24N2O3/c1-2-15-9-11-16(12-10-15)20(24)23-19-8-4-3-7-18(19)21(25)22-14-17-6-5-13-26-17/h3-4,7-12,17H,2,5-6,13-14H2,1H3,(H,22,25)(H,23,24). The van der Waals surface area contributed by atoms with Crippen molar-refractivity contribution in [3.63, 3.8) is 0 Å². The van der Waals surface area contributed by atoms with Gasteiger partial charge in [-0.3, -0.25) is 9.59 Å². The zero-order valence-corrected chi connectivity index (χ0v) is 15.0. The highest BCUT2D eigenvalue weighted by molar-refractivity contribution is 6.09. The smallest absolute Gasteiger partial charge is 0.255 e. The molecule has 1 aliphatic heterocycles. The van der Waals surface area contributed by atoms with Gasteiger partial charge in [0.1, 0.15) is 0 Å². The van der Waals surface area contributed by atoms with Crippen LogP contribution in [-0.2, 0) is 11.2 Å². The van der Waals surface area contributed by atoms with Crippen molar-refractivity contribution < 1.29 is 14.3 Å². The molecule has 2 amide bonds. The first-order valence-electron chi connectivity index (χ1n) is 9.06. The largest absolute Gasteiger partial charge is 0.376 e. The van der Waals surface area contributed by atoms with Gasteiger partial charge < -0.3 is 15.4 Å². The van der Waals surface area contributed by atoms with E-state index in [1.54, 1.807) is 36.4 Å². The van der Waals surface area contributed by atoms with Crippen molar-refractivity contribution in [1.82, 2.24) is 5.32 Å². The van der Waals surface area contributed by atoms with Gasteiger partial charge in [0.2, 0.25) is 0 Å². The summed E-state index contributed by atoms with van der Waals surface area (Å²) in [6.45, 7) is 3.31. The fourth-order valence-electron chi connectivity index (χ4n) is 2.98. The molecule has 0 aromatic heterocycles. The molecule has 1 aliphatic rings. The molecule has 5 heteroatoms. The normalized spacial score (nSPS) is 16.3. The summed E-state index contributed by atoms with van der Waals surface area (Å²) in [5.41, 5.74) is 2.69. The van der Waals surface area contributed by atoms with Crippen LogP contribution in [0.4, 0.5) is 5.69 Å². The van der Waals surface area contributed by atoms with E-state index in [0.717, 1.165) is 25.9 Å². The molecule has 0 saturated carbocycles. The van der Waals surface area contributed by atoms with Gasteiger partial charge in [-0.15, -0.1) is 0 Å². The maximum atomic E-state index is 12.5. The average molecular weight is 352 g/mol. The quantitative estimate of drug-likeness (QED) is 0.837. The second-order valence-electron chi connectivity index (χ2n) is 6.40. The molecule has 1 unspecified atom stereocenters. The number of hydrogen-bond acceptors (Lipinski definition) is 3. The van der Waals surface area contributed by atoms with Crippen molar-refractivity contribution in [2.45, 2.75) is 32.3 Å². The van der Waals surface area contributed by atoms with Crippen LogP contribution < -0.4 is 10.6 Å². The monoisotopic (exact) mass is 352 g/mol. The molecule has 0 radical (unpaired) electrons. The van der Waals surface area contributed by atoms with Gasteiger partial charge in [-0.2, -0.15) is 0 Å². The molecule has 2 aromatic carbocycles. The maximum absolute atomic E-state index is 12.5. The molecule has 136 valence electrons. The fraction of sp³-hybridized carbons (Fsp3) is 0.333. The number of amides is 2. The van der Waals surface area contributed by atoms with Crippen LogP contribution in [0.25, 0.3) is 0 Å². The van der Waals surface area contributed by atoms with Crippen LogP contribution in [0.3, 0.4) is 0 Å². The lowest BCUT2D eigenvalue weighted by atomic mass is 10.1. The number of ether oxygens (including phenoxy) is 1. The zero-order chi connectivity index (χ0) is 18.4. The van der Waals surface area contributed by atoms with Crippen LogP contribution in [0.5, 0.6) is 0 Å². The van der Waals surface area contributed by atoms with Gasteiger partial charge in [0.15, 0.2) is 0 Å². The van der Waals surface area contributed by atoms with Gasteiger partial charge in [-0.05, 0) is 49.1 Å². The Kier molecular flexibility index (Phi) is 6.02. The Labute approximate surface area is 153 Å². The summed E-state index contributed by atoms with van der Waals surface area (Å²) < 4.78 is 5.53. The Morgan fingerprint density at radius 3 is 2.54 bits per heavy atom. The van der Waals surface area contributed by atoms with Crippen LogP contribution in [0.1, 0.15) is 46.0 Å². The highest BCUT2D eigenvalue weighted by atomic mass is 16.5. The van der Waals surface area contributed by atoms with Gasteiger partial charge in [0.25, 0.3) is 11.8 Å². The van der Waals surface area contributed by atoms with Crippen LogP contribution in [-0.4, -0.2) is 31.1 Å². The van der Waals surface area contributed by atoms with Gasteiger partial charge in [-0.25, -0.2) is 0 Å². The molecule has 3 rings (SSSR count). The van der Waals surface area contributed by atoms with E-state index in [1.165, 1.54) is 5.56 Å². The van der Waals surface area contributed by atoms with Crippen molar-refractivity contribution in [3.05, 3.63) is 65.2 Å². The second-order valence-corrected chi connectivity index (χ2v) is 6.40. The molecule has 0 spiro atoms. The molecule has 2 N–H and O–H groups in total. The predicted molar refractivity (Wildman–Crippen MR) is 102 cm³/mol. The molecule has 1 fully saturated rings. The van der Waals surface area contributed by atoms with Crippen LogP contribution in [0.15, 0.2) is 48.5 Å². The number of rotatable bonds is 6. The van der Waals surface area contributed by atoms with E-state index in [0.29, 0.717) is 23.4 Å². The summed E-state index contributed by atoms with van der Waals surface area (Å²) in [4.78, 5) is 25.0. The highest BCUT2D eigenvalue weighted by Crippen LogP contribution is 2.17. The predicted octanol–water partition coefficient (Wildman–Crippen LogP) is 3.41. The molecule has 1 heterocycles. The summed E-state index contributed by atoms with van der Waals surface area (Å²) in [7, 11) is 0. The lowest BCUT2D eigenvalue weighted by Crippen LogP contribution is -2.32. The fourth-order valence-corrected chi connectivity index (χ4v) is 2.98. The third kappa shape index (κ3) is 4.49. The number of hydrogen-bond donors (Lipinski definition) is 2. The van der Waals surface area contributed by atoms with Crippen molar-refractivity contribution in [3.8, 4) is 0 Å². The van der Waals surface area contributed by atoms with Gasteiger partial charge in [-0.1, -0.05) is 31.2 Å². The SMILES string of the molecule is CCc1ccc(C(=O)Nc2ccccc2C(=O)NCC2CCCO2)cc1. The third-order valence-corrected chi connectivity index (χ3v) is 4.56. The van der Waals surface area contributed by atoms with Crippen molar-refractivity contribution in [2.24, 2.45) is 0 Å². The first kappa shape index (κ1) is 18.1. The van der Waals surface area contributed by atoms with Gasteiger partial charge >= 0.3 is 0 Å². The third-order valence-electron chi connectivity index (χ3n) is 4.56. The summed E-state index contributed by atoms with van der Waals surface area (Å²) >= 11 is 0. The van der Waals surface area contributed by atoms with E-state index in [4.69, 9.17) is 4.74 Å². The molecule has 5 nitrogen and oxygen atoms in total. The maximum Gasteiger partial charge on any atom is 0.255 e. The number of anilines is 1. The van der Waals surface area contributed by atoms with E-state index in [9.17, 15) is 9.59 Å². The van der Waals surface area contributed by atoms with E-state index in [-0.39, 0.29) is 17.9 Å². The van der Waals surface area contributed by atoms with Gasteiger partial charge in [0, 0.05) is 18.7 Å². The zero-order valence-electron chi connectivity index (χ0n) is 15.0. The number of carbonyl (C=O) groups is 2. The van der Waals surface area contributed by atoms with Gasteiger partial charge in [0.05, 0.1) is 17.4 Å². The van der Waals surface area contributed by atoms with E-state index in [1.807, 2.05) is 12.1 Å². The summed E-state index contributed by atoms with van der Waals surface area (Å²) in [5, 5.41) is 5.74. The second kappa shape index (κ2) is 8.63. The lowest BCUT2D eigenvalue weighted by molar-refractivity contribution is 0.0858. The van der Waals surface area contributed by atoms with Crippen LogP contribution in [0, 0.1) is 0 Å². The molecular formula is C21H24N2O3. The highest BCUT2D eigenvalue weighted by Gasteiger charge is 2.18. The van der Waals surface area contributed by atoms with Crippen molar-refractivity contribution in [2.75, 3.05) is 18.5 Å². The average Bonchev–Trinajstić information content (AvgIpc) is 3.20. The number of carbonyl (C=O) groups excluding carboxylic acids is 2. The Balaban J connectivity index is 1.67. The number of benzene rings is 2. The Bertz CT molecular complexity index is 765. The number of aryl methyl sites for hydroxylation is 1. The molecule has 0 bridgehead atoms. The number of nitrogens with one attached hydrogen (secondary N) is 2. The van der Waals surface area contributed by atoms with E-state index < -0.39 is 0 Å². The first-order chi connectivity index (χ1) is 12.7. The first-order valence-corrected chi connectivity index (χ1v) is 9.06. The van der Waals surface area contributed by atoms with Crippen LogP contribution >= 0.6 is 0 Å². The molecule has 1 atom stereocenters. The molecule has 2 aromatic rings. The summed E-state index contributed by atoms with van der Waals surface area (Å²) in [5.74, 6) is -0.440. The van der Waals surface area contributed by atoms with E-state index >= 15 is 0 Å². The topological polar surface area (TPSA) is 67.4 Å². The summed E-state index contributed by atoms with van der Waals surface area (Å²) in [6, 6.07) is 14.5. The minimum Gasteiger partial charge on any atom is -0.376 e. The Morgan fingerprint density at radius 1 is 1.08 bits per heavy atom. The molecule has 0 aliphatic carbocycles. The molecule has 1 saturated heterocycles. The summed E-state index contributed by atoms with van der Waals surface area (Å²) in [6.07, 6.45) is 3.00. The Morgan fingerprint density at radius 2 is 1.85 bits per heavy atom. The molecular weight excluding hydrogens is 328 g/mol. The minimum atomic E-state index is -0.230. The van der Waals surface area contributed by atoms with Crippen molar-refractivity contribution >= 4 is 17.5 Å². The van der Waals surface area contributed by atoms with Crippen molar-refractivity contribution in [1.29, 1.82) is 0 Å². The lowest BCUT2D eigenvalue weighted by Gasteiger charge is -2.14. The number of para-hydroxylation sites is 1. The van der Waals surface area contributed by atoms with E-state index in [2.05, 4.69) is 17.6 Å². The molecule has 26 heavy (non-hydrogen) atoms. The Hall–Kier alpha value is -2.66. The minimum absolute atomic E-state index is 0.0813. The van der Waals surface area contributed by atoms with Crippen LogP contribution in [0.2, 0.25) is 0 Å².